The lowest BCUT2D eigenvalue weighted by Gasteiger charge is -2.20. The van der Waals surface area contributed by atoms with Crippen LogP contribution in [0.1, 0.15) is 30.5 Å². The molecule has 1 aliphatic rings. The predicted molar refractivity (Wildman–Crippen MR) is 92.4 cm³/mol. The molecule has 0 bridgehead atoms. The van der Waals surface area contributed by atoms with E-state index in [9.17, 15) is 9.18 Å². The molecule has 5 nitrogen and oxygen atoms in total. The monoisotopic (exact) mass is 342 g/mol. The summed E-state index contributed by atoms with van der Waals surface area (Å²) in [5.74, 6) is 0.824. The van der Waals surface area contributed by atoms with E-state index >= 15 is 0 Å². The van der Waals surface area contributed by atoms with Crippen molar-refractivity contribution in [2.24, 2.45) is 5.10 Å². The van der Waals surface area contributed by atoms with E-state index in [1.54, 1.807) is 32.4 Å². The maximum Gasteiger partial charge on any atom is 0.240 e. The van der Waals surface area contributed by atoms with Gasteiger partial charge in [0.1, 0.15) is 17.3 Å². The van der Waals surface area contributed by atoms with Crippen LogP contribution in [-0.2, 0) is 4.79 Å². The van der Waals surface area contributed by atoms with Gasteiger partial charge in [0.05, 0.1) is 26.0 Å². The number of benzene rings is 2. The second-order valence-electron chi connectivity index (χ2n) is 5.75. The average molecular weight is 342 g/mol. The number of carbonyl (C=O) groups is 1. The number of hydrogen-bond donors (Lipinski definition) is 0. The molecule has 1 heterocycles. The maximum absolute atomic E-state index is 13.2. The van der Waals surface area contributed by atoms with E-state index in [4.69, 9.17) is 9.47 Å². The summed E-state index contributed by atoms with van der Waals surface area (Å²) in [6.45, 7) is 1.47. The zero-order valence-corrected chi connectivity index (χ0v) is 14.3. The molecule has 0 saturated heterocycles. The quantitative estimate of drug-likeness (QED) is 0.854. The summed E-state index contributed by atoms with van der Waals surface area (Å²) < 4.78 is 23.9. The van der Waals surface area contributed by atoms with Crippen LogP contribution in [0.2, 0.25) is 0 Å². The lowest BCUT2D eigenvalue weighted by molar-refractivity contribution is -0.130. The third-order valence-corrected chi connectivity index (χ3v) is 4.21. The van der Waals surface area contributed by atoms with Crippen LogP contribution in [0.3, 0.4) is 0 Å². The van der Waals surface area contributed by atoms with Gasteiger partial charge in [-0.3, -0.25) is 4.79 Å². The third kappa shape index (κ3) is 3.33. The molecule has 0 aliphatic carbocycles. The van der Waals surface area contributed by atoms with E-state index in [0.29, 0.717) is 17.9 Å². The summed E-state index contributed by atoms with van der Waals surface area (Å²) in [7, 11) is 3.16. The normalized spacial score (nSPS) is 16.6. The molecule has 0 spiro atoms. The van der Waals surface area contributed by atoms with Crippen molar-refractivity contribution in [2.45, 2.75) is 19.4 Å². The first-order valence-corrected chi connectivity index (χ1v) is 7.88. The molecule has 1 amide bonds. The molecule has 3 rings (SSSR count). The minimum atomic E-state index is -0.311. The predicted octanol–water partition coefficient (Wildman–Crippen LogP) is 3.54. The first-order chi connectivity index (χ1) is 12.0. The van der Waals surface area contributed by atoms with Crippen molar-refractivity contribution in [1.82, 2.24) is 5.01 Å². The van der Waals surface area contributed by atoms with E-state index in [1.165, 1.54) is 24.1 Å². The SMILES string of the molecule is COc1ccc(C2=NN(C(C)=O)[C@H](c3ccc(F)cc3)C2)c(OC)c1. The van der Waals surface area contributed by atoms with Crippen molar-refractivity contribution in [1.29, 1.82) is 0 Å². The van der Waals surface area contributed by atoms with Gasteiger partial charge in [0.25, 0.3) is 0 Å². The Bertz CT molecular complexity index is 818. The smallest absolute Gasteiger partial charge is 0.240 e. The van der Waals surface area contributed by atoms with Gasteiger partial charge in [-0.05, 0) is 29.8 Å². The Labute approximate surface area is 145 Å². The second-order valence-corrected chi connectivity index (χ2v) is 5.75. The van der Waals surface area contributed by atoms with Crippen LogP contribution < -0.4 is 9.47 Å². The highest BCUT2D eigenvalue weighted by Crippen LogP contribution is 2.36. The fraction of sp³-hybridized carbons (Fsp3) is 0.263. The largest absolute Gasteiger partial charge is 0.497 e. The van der Waals surface area contributed by atoms with Crippen LogP contribution in [0.5, 0.6) is 11.5 Å². The summed E-state index contributed by atoms with van der Waals surface area (Å²) in [6, 6.07) is 11.3. The van der Waals surface area contributed by atoms with Gasteiger partial charge in [-0.15, -0.1) is 0 Å². The summed E-state index contributed by atoms with van der Waals surface area (Å²) in [6.07, 6.45) is 0.522. The highest BCUT2D eigenvalue weighted by Gasteiger charge is 2.32. The highest BCUT2D eigenvalue weighted by molar-refractivity contribution is 6.05. The van der Waals surface area contributed by atoms with Gasteiger partial charge in [-0.25, -0.2) is 9.40 Å². The number of hydrazone groups is 1. The minimum absolute atomic E-state index is 0.170. The molecule has 1 aliphatic heterocycles. The van der Waals surface area contributed by atoms with E-state index in [0.717, 1.165) is 16.8 Å². The fourth-order valence-electron chi connectivity index (χ4n) is 2.94. The van der Waals surface area contributed by atoms with Crippen molar-refractivity contribution in [3.63, 3.8) is 0 Å². The molecule has 0 aromatic heterocycles. The number of rotatable bonds is 4. The van der Waals surface area contributed by atoms with Crippen molar-refractivity contribution >= 4 is 11.6 Å². The van der Waals surface area contributed by atoms with Crippen LogP contribution in [0.25, 0.3) is 0 Å². The standard InChI is InChI=1S/C19H19FN2O3/c1-12(23)22-18(13-4-6-14(20)7-5-13)11-17(21-22)16-9-8-15(24-2)10-19(16)25-3/h4-10,18H,11H2,1-3H3/t18-/m0/s1. The van der Waals surface area contributed by atoms with Crippen LogP contribution in [0.4, 0.5) is 4.39 Å². The number of halogens is 1. The third-order valence-electron chi connectivity index (χ3n) is 4.21. The van der Waals surface area contributed by atoms with Crippen LogP contribution in [-0.4, -0.2) is 30.8 Å². The van der Waals surface area contributed by atoms with Gasteiger partial charge in [-0.1, -0.05) is 12.1 Å². The molecule has 2 aromatic carbocycles. The molecular formula is C19H19FN2O3. The Morgan fingerprint density at radius 3 is 2.48 bits per heavy atom. The first kappa shape index (κ1) is 17.0. The number of ether oxygens (including phenoxy) is 2. The van der Waals surface area contributed by atoms with Crippen molar-refractivity contribution in [3.8, 4) is 11.5 Å². The second kappa shape index (κ2) is 6.93. The van der Waals surface area contributed by atoms with Gasteiger partial charge in [0, 0.05) is 25.0 Å². The fourth-order valence-corrected chi connectivity index (χ4v) is 2.94. The zero-order valence-electron chi connectivity index (χ0n) is 14.3. The average Bonchev–Trinajstić information content (AvgIpc) is 3.07. The molecule has 6 heteroatoms. The highest BCUT2D eigenvalue weighted by atomic mass is 19.1. The summed E-state index contributed by atoms with van der Waals surface area (Å²) >= 11 is 0. The molecule has 0 N–H and O–H groups in total. The molecule has 0 unspecified atom stereocenters. The van der Waals surface area contributed by atoms with E-state index in [2.05, 4.69) is 5.10 Å². The van der Waals surface area contributed by atoms with Crippen molar-refractivity contribution in [3.05, 3.63) is 59.4 Å². The number of carbonyl (C=O) groups excluding carboxylic acids is 1. The number of hydrogen-bond acceptors (Lipinski definition) is 4. The van der Waals surface area contributed by atoms with E-state index < -0.39 is 0 Å². The maximum atomic E-state index is 13.2. The number of amides is 1. The molecule has 25 heavy (non-hydrogen) atoms. The molecule has 130 valence electrons. The minimum Gasteiger partial charge on any atom is -0.497 e. The van der Waals surface area contributed by atoms with Crippen LogP contribution in [0, 0.1) is 5.82 Å². The van der Waals surface area contributed by atoms with Crippen LogP contribution in [0.15, 0.2) is 47.6 Å². The molecular weight excluding hydrogens is 323 g/mol. The Hall–Kier alpha value is -2.89. The van der Waals surface area contributed by atoms with E-state index in [-0.39, 0.29) is 17.8 Å². The molecule has 0 radical (unpaired) electrons. The Balaban J connectivity index is 1.97. The Morgan fingerprint density at radius 2 is 1.88 bits per heavy atom. The zero-order chi connectivity index (χ0) is 18.0. The van der Waals surface area contributed by atoms with Gasteiger partial charge in [0.15, 0.2) is 0 Å². The Kier molecular flexibility index (Phi) is 4.70. The summed E-state index contributed by atoms with van der Waals surface area (Å²) in [4.78, 5) is 12.0. The van der Waals surface area contributed by atoms with Crippen molar-refractivity contribution in [2.75, 3.05) is 14.2 Å². The summed E-state index contributed by atoms with van der Waals surface area (Å²) in [5, 5.41) is 5.92. The molecule has 0 saturated carbocycles. The lowest BCUT2D eigenvalue weighted by Crippen LogP contribution is -2.24. The number of methoxy groups -OCH3 is 2. The Morgan fingerprint density at radius 1 is 1.16 bits per heavy atom. The first-order valence-electron chi connectivity index (χ1n) is 7.88. The van der Waals surface area contributed by atoms with Gasteiger partial charge in [-0.2, -0.15) is 5.10 Å². The van der Waals surface area contributed by atoms with Crippen LogP contribution >= 0.6 is 0 Å². The van der Waals surface area contributed by atoms with Crippen molar-refractivity contribution < 1.29 is 18.7 Å². The molecule has 1 atom stereocenters. The molecule has 0 fully saturated rings. The van der Waals surface area contributed by atoms with Gasteiger partial charge < -0.3 is 9.47 Å². The summed E-state index contributed by atoms with van der Waals surface area (Å²) in [5.41, 5.74) is 2.38. The molecule has 2 aromatic rings. The topological polar surface area (TPSA) is 51.1 Å². The van der Waals surface area contributed by atoms with Gasteiger partial charge in [0.2, 0.25) is 5.91 Å². The number of nitrogens with zero attached hydrogens (tertiary/aromatic N) is 2. The lowest BCUT2D eigenvalue weighted by atomic mass is 9.98. The van der Waals surface area contributed by atoms with Gasteiger partial charge >= 0.3 is 0 Å². The van der Waals surface area contributed by atoms with E-state index in [1.807, 2.05) is 12.1 Å².